The van der Waals surface area contributed by atoms with Crippen LogP contribution in [0, 0.1) is 5.82 Å². The van der Waals surface area contributed by atoms with E-state index in [1.165, 1.54) is 12.1 Å². The van der Waals surface area contributed by atoms with Crippen molar-refractivity contribution >= 4 is 11.7 Å². The lowest BCUT2D eigenvalue weighted by molar-refractivity contribution is -0.142. The Kier molecular flexibility index (Phi) is 3.16. The molecule has 0 aromatic heterocycles. The molecule has 3 rings (SSSR count). The van der Waals surface area contributed by atoms with Gasteiger partial charge in [-0.05, 0) is 48.2 Å². The highest BCUT2D eigenvalue weighted by atomic mass is 19.1. The predicted octanol–water partition coefficient (Wildman–Crippen LogP) is 3.18. The Morgan fingerprint density at radius 2 is 1.90 bits per heavy atom. The van der Waals surface area contributed by atoms with Gasteiger partial charge in [0.1, 0.15) is 11.2 Å². The predicted molar refractivity (Wildman–Crippen MR) is 79.1 cm³/mol. The zero-order chi connectivity index (χ0) is 15.0. The Labute approximate surface area is 122 Å². The van der Waals surface area contributed by atoms with Crippen LogP contribution in [0.2, 0.25) is 0 Å². The quantitative estimate of drug-likeness (QED) is 0.910. The van der Waals surface area contributed by atoms with Crippen molar-refractivity contribution in [1.29, 1.82) is 0 Å². The van der Waals surface area contributed by atoms with Crippen LogP contribution in [0.25, 0.3) is 0 Å². The van der Waals surface area contributed by atoms with Crippen molar-refractivity contribution in [3.63, 3.8) is 0 Å². The standard InChI is InChI=1S/C17H16FNO2/c1-17(16(20)21)10-19-15-9-12(4-7-14(15)17)8-11-2-5-13(18)6-3-11/h2-7,9,19H,8,10H2,1H3,(H,20,21)/t17-/m0/s1. The summed E-state index contributed by atoms with van der Waals surface area (Å²) in [7, 11) is 0. The summed E-state index contributed by atoms with van der Waals surface area (Å²) < 4.78 is 12.9. The summed E-state index contributed by atoms with van der Waals surface area (Å²) in [6, 6.07) is 12.2. The molecule has 0 bridgehead atoms. The van der Waals surface area contributed by atoms with Crippen molar-refractivity contribution in [2.75, 3.05) is 11.9 Å². The number of carboxylic acids is 1. The van der Waals surface area contributed by atoms with E-state index in [2.05, 4.69) is 5.32 Å². The third-order valence-corrected chi connectivity index (χ3v) is 4.10. The van der Waals surface area contributed by atoms with Gasteiger partial charge in [-0.3, -0.25) is 4.79 Å². The molecule has 1 atom stereocenters. The molecule has 3 nitrogen and oxygen atoms in total. The monoisotopic (exact) mass is 285 g/mol. The lowest BCUT2D eigenvalue weighted by atomic mass is 9.84. The minimum absolute atomic E-state index is 0.244. The average molecular weight is 285 g/mol. The summed E-state index contributed by atoms with van der Waals surface area (Å²) in [5, 5.41) is 12.5. The van der Waals surface area contributed by atoms with Crippen LogP contribution >= 0.6 is 0 Å². The second-order valence-electron chi connectivity index (χ2n) is 5.67. The zero-order valence-electron chi connectivity index (χ0n) is 11.7. The fraction of sp³-hybridized carbons (Fsp3) is 0.235. The molecule has 0 radical (unpaired) electrons. The number of carboxylic acid groups (broad SMARTS) is 1. The fourth-order valence-corrected chi connectivity index (χ4v) is 2.72. The largest absolute Gasteiger partial charge is 0.481 e. The van der Waals surface area contributed by atoms with Crippen molar-refractivity contribution in [2.45, 2.75) is 18.8 Å². The molecule has 1 heterocycles. The van der Waals surface area contributed by atoms with Gasteiger partial charge in [0.25, 0.3) is 0 Å². The third kappa shape index (κ3) is 2.37. The van der Waals surface area contributed by atoms with Gasteiger partial charge in [-0.2, -0.15) is 0 Å². The highest BCUT2D eigenvalue weighted by Crippen LogP contribution is 2.37. The van der Waals surface area contributed by atoms with E-state index in [4.69, 9.17) is 0 Å². The van der Waals surface area contributed by atoms with E-state index in [1.54, 1.807) is 19.1 Å². The van der Waals surface area contributed by atoms with Gasteiger partial charge in [0.15, 0.2) is 0 Å². The molecule has 1 aliphatic rings. The van der Waals surface area contributed by atoms with Gasteiger partial charge in [0, 0.05) is 12.2 Å². The molecule has 21 heavy (non-hydrogen) atoms. The minimum Gasteiger partial charge on any atom is -0.481 e. The number of carbonyl (C=O) groups is 1. The first-order valence-electron chi connectivity index (χ1n) is 6.84. The summed E-state index contributed by atoms with van der Waals surface area (Å²) in [4.78, 5) is 11.4. The van der Waals surface area contributed by atoms with Crippen LogP contribution in [0.5, 0.6) is 0 Å². The Morgan fingerprint density at radius 3 is 2.57 bits per heavy atom. The molecule has 1 aliphatic heterocycles. The second kappa shape index (κ2) is 4.88. The molecule has 2 aromatic rings. The van der Waals surface area contributed by atoms with E-state index < -0.39 is 11.4 Å². The molecule has 2 N–H and O–H groups in total. The maximum absolute atomic E-state index is 12.9. The van der Waals surface area contributed by atoms with E-state index in [0.717, 1.165) is 22.4 Å². The lowest BCUT2D eigenvalue weighted by Gasteiger charge is -2.18. The van der Waals surface area contributed by atoms with Crippen molar-refractivity contribution in [3.8, 4) is 0 Å². The Bertz CT molecular complexity index is 696. The van der Waals surface area contributed by atoms with E-state index in [-0.39, 0.29) is 5.82 Å². The maximum Gasteiger partial charge on any atom is 0.315 e. The van der Waals surface area contributed by atoms with Crippen molar-refractivity contribution in [3.05, 3.63) is 65.0 Å². The van der Waals surface area contributed by atoms with E-state index >= 15 is 0 Å². The highest BCUT2D eigenvalue weighted by molar-refractivity contribution is 5.87. The van der Waals surface area contributed by atoms with Crippen LogP contribution in [-0.2, 0) is 16.6 Å². The SMILES string of the molecule is C[C@]1(C(=O)O)CNc2cc(Cc3ccc(F)cc3)ccc21. The van der Waals surface area contributed by atoms with Crippen LogP contribution < -0.4 is 5.32 Å². The number of fused-ring (bicyclic) bond motifs is 1. The number of hydrogen-bond acceptors (Lipinski definition) is 2. The molecule has 0 spiro atoms. The first-order valence-corrected chi connectivity index (χ1v) is 6.84. The van der Waals surface area contributed by atoms with Crippen molar-refractivity contribution < 1.29 is 14.3 Å². The Balaban J connectivity index is 1.88. The number of anilines is 1. The highest BCUT2D eigenvalue weighted by Gasteiger charge is 2.41. The van der Waals surface area contributed by atoms with Gasteiger partial charge in [0.05, 0.1) is 0 Å². The van der Waals surface area contributed by atoms with E-state index in [0.29, 0.717) is 13.0 Å². The summed E-state index contributed by atoms with van der Waals surface area (Å²) >= 11 is 0. The van der Waals surface area contributed by atoms with Crippen molar-refractivity contribution in [1.82, 2.24) is 0 Å². The van der Waals surface area contributed by atoms with Crippen molar-refractivity contribution in [2.24, 2.45) is 0 Å². The number of aliphatic carboxylic acids is 1. The molecule has 4 heteroatoms. The van der Waals surface area contributed by atoms with Crippen LogP contribution in [0.4, 0.5) is 10.1 Å². The smallest absolute Gasteiger partial charge is 0.315 e. The zero-order valence-corrected chi connectivity index (χ0v) is 11.7. The molecule has 0 unspecified atom stereocenters. The van der Waals surface area contributed by atoms with E-state index in [1.807, 2.05) is 18.2 Å². The van der Waals surface area contributed by atoms with Gasteiger partial charge in [0.2, 0.25) is 0 Å². The minimum atomic E-state index is -0.871. The summed E-state index contributed by atoms with van der Waals surface area (Å²) in [5.41, 5.74) is 2.92. The van der Waals surface area contributed by atoms with Crippen LogP contribution in [0.3, 0.4) is 0 Å². The number of rotatable bonds is 3. The number of benzene rings is 2. The van der Waals surface area contributed by atoms with Gasteiger partial charge in [-0.25, -0.2) is 4.39 Å². The molecule has 2 aromatic carbocycles. The normalized spacial score (nSPS) is 19.9. The molecule has 0 saturated carbocycles. The molecular weight excluding hydrogens is 269 g/mol. The van der Waals surface area contributed by atoms with Crippen LogP contribution in [-0.4, -0.2) is 17.6 Å². The lowest BCUT2D eigenvalue weighted by Crippen LogP contribution is -2.34. The molecule has 0 saturated heterocycles. The van der Waals surface area contributed by atoms with Crippen LogP contribution in [0.15, 0.2) is 42.5 Å². The van der Waals surface area contributed by atoms with Gasteiger partial charge < -0.3 is 10.4 Å². The van der Waals surface area contributed by atoms with Gasteiger partial charge >= 0.3 is 5.97 Å². The first kappa shape index (κ1) is 13.6. The summed E-state index contributed by atoms with van der Waals surface area (Å²) in [6.07, 6.45) is 0.693. The molecule has 108 valence electrons. The topological polar surface area (TPSA) is 49.3 Å². The molecule has 0 aliphatic carbocycles. The summed E-state index contributed by atoms with van der Waals surface area (Å²) in [6.45, 7) is 2.13. The second-order valence-corrected chi connectivity index (χ2v) is 5.67. The molecule has 0 amide bonds. The van der Waals surface area contributed by atoms with Gasteiger partial charge in [-0.15, -0.1) is 0 Å². The number of nitrogens with one attached hydrogen (secondary N) is 1. The summed E-state index contributed by atoms with van der Waals surface area (Å²) in [5.74, 6) is -1.06. The Hall–Kier alpha value is -2.36. The van der Waals surface area contributed by atoms with E-state index in [9.17, 15) is 14.3 Å². The third-order valence-electron chi connectivity index (χ3n) is 4.10. The number of hydrogen-bond donors (Lipinski definition) is 2. The first-order chi connectivity index (χ1) is 9.99. The average Bonchev–Trinajstić information content (AvgIpc) is 2.80. The maximum atomic E-state index is 12.9. The fourth-order valence-electron chi connectivity index (χ4n) is 2.72. The van der Waals surface area contributed by atoms with Crippen LogP contribution in [0.1, 0.15) is 23.6 Å². The molecular formula is C17H16FNO2. The van der Waals surface area contributed by atoms with Gasteiger partial charge in [-0.1, -0.05) is 24.3 Å². The Morgan fingerprint density at radius 1 is 1.24 bits per heavy atom. The number of halogens is 1. The molecule has 0 fully saturated rings.